The second-order valence-corrected chi connectivity index (χ2v) is 11.7. The molecule has 0 N–H and O–H groups in total. The summed E-state index contributed by atoms with van der Waals surface area (Å²) < 4.78 is 44.4. The molecule has 0 radical (unpaired) electrons. The molecule has 1 unspecified atom stereocenters. The molecule has 9 heteroatoms. The van der Waals surface area contributed by atoms with E-state index in [9.17, 15) is 17.6 Å². The first-order valence-electron chi connectivity index (χ1n) is 10.8. The number of pyridine rings is 1. The molecule has 3 aromatic rings. The molecule has 7 nitrogen and oxygen atoms in total. The molecule has 172 valence electrons. The van der Waals surface area contributed by atoms with Crippen molar-refractivity contribution in [3.05, 3.63) is 58.4 Å². The normalized spacial score (nSPS) is 18.3. The number of aryl methyl sites for hydroxylation is 1. The highest BCUT2D eigenvalue weighted by Gasteiger charge is 2.32. The van der Waals surface area contributed by atoms with Crippen molar-refractivity contribution in [1.29, 1.82) is 0 Å². The Hall–Kier alpha value is -2.52. The van der Waals surface area contributed by atoms with Crippen LogP contribution in [0.1, 0.15) is 45.2 Å². The topological polar surface area (TPSA) is 77.2 Å². The van der Waals surface area contributed by atoms with Crippen molar-refractivity contribution in [2.75, 3.05) is 13.1 Å². The van der Waals surface area contributed by atoms with Crippen LogP contribution in [0.5, 0.6) is 0 Å². The third-order valence-corrected chi connectivity index (χ3v) is 7.73. The zero-order valence-electron chi connectivity index (χ0n) is 18.9. The molecule has 1 aliphatic heterocycles. The first kappa shape index (κ1) is 22.7. The van der Waals surface area contributed by atoms with E-state index in [2.05, 4.69) is 20.8 Å². The molecule has 0 amide bonds. The summed E-state index contributed by atoms with van der Waals surface area (Å²) in [6, 6.07) is 8.90. The SMILES string of the molecule is Cn1c(=O)n(CC(C)(C)C)c2ccc(C3CCCN(S(=O)(=O)c4cccc(F)c4)C3)nc21. The van der Waals surface area contributed by atoms with Gasteiger partial charge in [-0.25, -0.2) is 22.6 Å². The van der Waals surface area contributed by atoms with Gasteiger partial charge in [0.1, 0.15) is 5.82 Å². The van der Waals surface area contributed by atoms with Gasteiger partial charge < -0.3 is 0 Å². The van der Waals surface area contributed by atoms with Crippen LogP contribution < -0.4 is 5.69 Å². The number of hydrogen-bond acceptors (Lipinski definition) is 4. The lowest BCUT2D eigenvalue weighted by Crippen LogP contribution is -2.39. The minimum atomic E-state index is -3.79. The van der Waals surface area contributed by atoms with Crippen LogP contribution in [0.4, 0.5) is 4.39 Å². The predicted molar refractivity (Wildman–Crippen MR) is 122 cm³/mol. The Morgan fingerprint density at radius 2 is 1.94 bits per heavy atom. The third kappa shape index (κ3) is 4.23. The van der Waals surface area contributed by atoms with Gasteiger partial charge in [0.25, 0.3) is 0 Å². The molecule has 32 heavy (non-hydrogen) atoms. The summed E-state index contributed by atoms with van der Waals surface area (Å²) in [6.07, 6.45) is 1.48. The molecular formula is C23H29FN4O3S. The number of nitrogens with zero attached hydrogens (tertiary/aromatic N) is 4. The highest BCUT2D eigenvalue weighted by Crippen LogP contribution is 2.30. The number of piperidine rings is 1. The summed E-state index contributed by atoms with van der Waals surface area (Å²) in [5, 5.41) is 0. The number of sulfonamides is 1. The van der Waals surface area contributed by atoms with E-state index in [0.717, 1.165) is 23.7 Å². The van der Waals surface area contributed by atoms with Gasteiger partial charge in [-0.2, -0.15) is 4.31 Å². The maximum absolute atomic E-state index is 13.6. The minimum absolute atomic E-state index is 0.0387. The highest BCUT2D eigenvalue weighted by molar-refractivity contribution is 7.89. The van der Waals surface area contributed by atoms with Crippen LogP contribution in [-0.4, -0.2) is 39.9 Å². The lowest BCUT2D eigenvalue weighted by atomic mass is 9.95. The van der Waals surface area contributed by atoms with Gasteiger partial charge in [-0.3, -0.25) is 9.13 Å². The molecule has 1 fully saturated rings. The predicted octanol–water partition coefficient (Wildman–Crippen LogP) is 3.49. The van der Waals surface area contributed by atoms with Crippen LogP contribution in [0, 0.1) is 11.2 Å². The molecule has 1 saturated heterocycles. The number of aromatic nitrogens is 3. The molecule has 0 saturated carbocycles. The minimum Gasteiger partial charge on any atom is -0.290 e. The van der Waals surface area contributed by atoms with Gasteiger partial charge in [0, 0.05) is 38.3 Å². The Morgan fingerprint density at radius 1 is 1.19 bits per heavy atom. The Kier molecular flexibility index (Phi) is 5.75. The summed E-state index contributed by atoms with van der Waals surface area (Å²) in [4.78, 5) is 17.5. The van der Waals surface area contributed by atoms with Crippen LogP contribution in [0.25, 0.3) is 11.2 Å². The van der Waals surface area contributed by atoms with E-state index in [1.165, 1.54) is 22.5 Å². The van der Waals surface area contributed by atoms with Gasteiger partial charge in [-0.05, 0) is 48.6 Å². The van der Waals surface area contributed by atoms with Crippen molar-refractivity contribution in [2.24, 2.45) is 12.5 Å². The molecule has 1 aromatic carbocycles. The van der Waals surface area contributed by atoms with Gasteiger partial charge >= 0.3 is 5.69 Å². The van der Waals surface area contributed by atoms with E-state index >= 15 is 0 Å². The lowest BCUT2D eigenvalue weighted by molar-refractivity contribution is 0.313. The van der Waals surface area contributed by atoms with Crippen LogP contribution in [0.3, 0.4) is 0 Å². The van der Waals surface area contributed by atoms with E-state index in [0.29, 0.717) is 25.2 Å². The van der Waals surface area contributed by atoms with Gasteiger partial charge in [0.05, 0.1) is 10.4 Å². The summed E-state index contributed by atoms with van der Waals surface area (Å²) in [6.45, 7) is 7.47. The van der Waals surface area contributed by atoms with Crippen molar-refractivity contribution in [2.45, 2.75) is 51.0 Å². The number of halogens is 1. The number of benzene rings is 1. The van der Waals surface area contributed by atoms with Crippen molar-refractivity contribution >= 4 is 21.2 Å². The fourth-order valence-corrected chi connectivity index (χ4v) is 5.88. The molecule has 1 atom stereocenters. The van der Waals surface area contributed by atoms with Crippen molar-refractivity contribution in [3.63, 3.8) is 0 Å². The van der Waals surface area contributed by atoms with Gasteiger partial charge in [-0.15, -0.1) is 0 Å². The van der Waals surface area contributed by atoms with Crippen LogP contribution in [0.2, 0.25) is 0 Å². The molecule has 4 rings (SSSR count). The standard InChI is InChI=1S/C23H29FN4O3S/c1-23(2,3)15-28-20-11-10-19(25-21(20)26(4)22(28)29)16-7-6-12-27(14-16)32(30,31)18-9-5-8-17(24)13-18/h5,8-11,13,16H,6-7,12,14-15H2,1-4H3. The number of rotatable bonds is 4. The Bertz CT molecular complexity index is 1320. The molecular weight excluding hydrogens is 431 g/mol. The molecule has 0 aliphatic carbocycles. The number of hydrogen-bond donors (Lipinski definition) is 0. The summed E-state index contributed by atoms with van der Waals surface area (Å²) in [5.74, 6) is -0.676. The van der Waals surface area contributed by atoms with E-state index in [1.54, 1.807) is 16.2 Å². The zero-order chi connectivity index (χ0) is 23.3. The Morgan fingerprint density at radius 3 is 2.62 bits per heavy atom. The lowest BCUT2D eigenvalue weighted by Gasteiger charge is -2.31. The maximum atomic E-state index is 13.6. The quantitative estimate of drug-likeness (QED) is 0.597. The van der Waals surface area contributed by atoms with Gasteiger partial charge in [-0.1, -0.05) is 26.8 Å². The van der Waals surface area contributed by atoms with Crippen LogP contribution >= 0.6 is 0 Å². The fourth-order valence-electron chi connectivity index (χ4n) is 4.32. The van der Waals surface area contributed by atoms with E-state index in [-0.39, 0.29) is 28.5 Å². The van der Waals surface area contributed by atoms with Crippen molar-refractivity contribution in [1.82, 2.24) is 18.4 Å². The molecule has 3 heterocycles. The first-order valence-corrected chi connectivity index (χ1v) is 12.2. The largest absolute Gasteiger partial charge is 0.330 e. The molecule has 0 spiro atoms. The smallest absolute Gasteiger partial charge is 0.290 e. The monoisotopic (exact) mass is 460 g/mol. The average molecular weight is 461 g/mol. The summed E-state index contributed by atoms with van der Waals surface area (Å²) >= 11 is 0. The number of fused-ring (bicyclic) bond motifs is 1. The summed E-state index contributed by atoms with van der Waals surface area (Å²) in [7, 11) is -2.08. The highest BCUT2D eigenvalue weighted by atomic mass is 32.2. The van der Waals surface area contributed by atoms with Crippen molar-refractivity contribution in [3.8, 4) is 0 Å². The fraction of sp³-hybridized carbons (Fsp3) is 0.478. The molecule has 0 bridgehead atoms. The average Bonchev–Trinajstić information content (AvgIpc) is 2.97. The number of imidazole rings is 1. The summed E-state index contributed by atoms with van der Waals surface area (Å²) in [5.41, 5.74) is 1.96. The second-order valence-electron chi connectivity index (χ2n) is 9.73. The molecule has 1 aliphatic rings. The Balaban J connectivity index is 1.66. The van der Waals surface area contributed by atoms with E-state index in [1.807, 2.05) is 12.1 Å². The van der Waals surface area contributed by atoms with Gasteiger partial charge in [0.2, 0.25) is 10.0 Å². The zero-order valence-corrected chi connectivity index (χ0v) is 19.7. The second kappa shape index (κ2) is 8.12. The maximum Gasteiger partial charge on any atom is 0.330 e. The molecule has 2 aromatic heterocycles. The van der Waals surface area contributed by atoms with Crippen LogP contribution in [0.15, 0.2) is 46.1 Å². The third-order valence-electron chi connectivity index (χ3n) is 5.87. The van der Waals surface area contributed by atoms with Crippen molar-refractivity contribution < 1.29 is 12.8 Å². The van der Waals surface area contributed by atoms with Gasteiger partial charge in [0.15, 0.2) is 5.65 Å². The van der Waals surface area contributed by atoms with Crippen LogP contribution in [-0.2, 0) is 23.6 Å². The Labute approximate surface area is 187 Å². The van der Waals surface area contributed by atoms with E-state index < -0.39 is 15.8 Å². The van der Waals surface area contributed by atoms with E-state index in [4.69, 9.17) is 4.98 Å². The first-order chi connectivity index (χ1) is 15.0.